The number of nitro benzene ring substituents is 1. The van der Waals surface area contributed by atoms with Crippen LogP contribution in [0.25, 0.3) is 0 Å². The van der Waals surface area contributed by atoms with Gasteiger partial charge in [-0.1, -0.05) is 0 Å². The van der Waals surface area contributed by atoms with Gasteiger partial charge in [-0.15, -0.1) is 11.6 Å². The predicted molar refractivity (Wildman–Crippen MR) is 77.0 cm³/mol. The summed E-state index contributed by atoms with van der Waals surface area (Å²) < 4.78 is 10.6. The fraction of sp³-hybridized carbons (Fsp3) is 0.538. The first-order valence-electron chi connectivity index (χ1n) is 6.69. The van der Waals surface area contributed by atoms with E-state index in [-0.39, 0.29) is 22.9 Å². The van der Waals surface area contributed by atoms with Gasteiger partial charge in [0.05, 0.1) is 17.4 Å². The smallest absolute Gasteiger partial charge is 0.270 e. The Morgan fingerprint density at radius 3 is 2.52 bits per heavy atom. The zero-order valence-corrected chi connectivity index (χ0v) is 12.5. The molecule has 1 aliphatic heterocycles. The van der Waals surface area contributed by atoms with E-state index in [1.165, 1.54) is 18.2 Å². The van der Waals surface area contributed by atoms with E-state index in [9.17, 15) is 25.4 Å². The van der Waals surface area contributed by atoms with Crippen LogP contribution >= 0.6 is 11.6 Å². The fourth-order valence-corrected chi connectivity index (χ4v) is 2.40. The Bertz CT molecular complexity index is 569. The van der Waals surface area contributed by atoms with Crippen molar-refractivity contribution in [2.45, 2.75) is 36.6 Å². The van der Waals surface area contributed by atoms with Crippen LogP contribution in [0.5, 0.6) is 5.75 Å². The van der Waals surface area contributed by atoms with Crippen LogP contribution < -0.4 is 4.74 Å². The van der Waals surface area contributed by atoms with E-state index < -0.39 is 42.2 Å². The van der Waals surface area contributed by atoms with Crippen molar-refractivity contribution in [1.29, 1.82) is 0 Å². The minimum absolute atomic E-state index is 0.0889. The zero-order valence-electron chi connectivity index (χ0n) is 11.8. The summed E-state index contributed by atoms with van der Waals surface area (Å²) in [5, 5.41) is 49.2. The third-order valence-corrected chi connectivity index (χ3v) is 3.78. The van der Waals surface area contributed by atoms with Crippen LogP contribution in [0.2, 0.25) is 0 Å². The number of benzene rings is 1. The number of halogens is 1. The molecular weight excluding hydrogens is 334 g/mol. The van der Waals surface area contributed by atoms with E-state index in [1.54, 1.807) is 0 Å². The summed E-state index contributed by atoms with van der Waals surface area (Å²) >= 11 is 5.74. The highest BCUT2D eigenvalue weighted by Crippen LogP contribution is 2.29. The topological polar surface area (TPSA) is 143 Å². The molecule has 10 heteroatoms. The highest BCUT2D eigenvalue weighted by molar-refractivity contribution is 6.17. The standard InChI is InChI=1S/C13H16ClNO8/c14-4-6-3-7(15(20)21)1-2-8(6)22-13-12(19)11(18)10(17)9(5-16)23-13/h1-3,9-13,16-19H,4-5H2/t9-,10-,11+,12-,13+/m1/s1. The Kier molecular flexibility index (Phi) is 5.74. The maximum Gasteiger partial charge on any atom is 0.270 e. The molecule has 1 aromatic rings. The Labute approximate surface area is 135 Å². The maximum atomic E-state index is 10.8. The molecule has 1 aliphatic rings. The average molecular weight is 350 g/mol. The fourth-order valence-electron chi connectivity index (χ4n) is 2.19. The van der Waals surface area contributed by atoms with Crippen LogP contribution in [-0.2, 0) is 10.6 Å². The monoisotopic (exact) mass is 349 g/mol. The molecule has 1 aromatic carbocycles. The minimum atomic E-state index is -1.58. The van der Waals surface area contributed by atoms with Gasteiger partial charge in [0.15, 0.2) is 0 Å². The van der Waals surface area contributed by atoms with Crippen molar-refractivity contribution in [1.82, 2.24) is 0 Å². The number of ether oxygens (including phenoxy) is 2. The van der Waals surface area contributed by atoms with Gasteiger partial charge in [0, 0.05) is 17.7 Å². The molecule has 9 nitrogen and oxygen atoms in total. The molecular formula is C13H16ClNO8. The van der Waals surface area contributed by atoms with Crippen LogP contribution in [0, 0.1) is 10.1 Å². The van der Waals surface area contributed by atoms with Crippen molar-refractivity contribution in [3.63, 3.8) is 0 Å². The largest absolute Gasteiger partial charge is 0.462 e. The van der Waals surface area contributed by atoms with Gasteiger partial charge in [-0.3, -0.25) is 10.1 Å². The van der Waals surface area contributed by atoms with Gasteiger partial charge < -0.3 is 29.9 Å². The molecule has 1 saturated heterocycles. The van der Waals surface area contributed by atoms with E-state index in [0.29, 0.717) is 0 Å². The molecule has 23 heavy (non-hydrogen) atoms. The lowest BCUT2D eigenvalue weighted by atomic mass is 9.99. The van der Waals surface area contributed by atoms with Gasteiger partial charge >= 0.3 is 0 Å². The molecule has 0 aliphatic carbocycles. The summed E-state index contributed by atoms with van der Waals surface area (Å²) in [6, 6.07) is 3.69. The van der Waals surface area contributed by atoms with Gasteiger partial charge in [-0.05, 0) is 6.07 Å². The first-order chi connectivity index (χ1) is 10.9. The number of aliphatic hydroxyl groups is 4. The predicted octanol–water partition coefficient (Wildman–Crippen LogP) is -0.488. The highest BCUT2D eigenvalue weighted by Gasteiger charge is 2.44. The van der Waals surface area contributed by atoms with Crippen LogP contribution in [0.1, 0.15) is 5.56 Å². The summed E-state index contributed by atoms with van der Waals surface area (Å²) in [5.74, 6) is 0.0315. The molecule has 128 valence electrons. The number of nitro groups is 1. The summed E-state index contributed by atoms with van der Waals surface area (Å²) in [5.41, 5.74) is 0.111. The molecule has 2 rings (SSSR count). The number of hydrogen-bond donors (Lipinski definition) is 4. The first-order valence-corrected chi connectivity index (χ1v) is 7.23. The Morgan fingerprint density at radius 2 is 1.96 bits per heavy atom. The van der Waals surface area contributed by atoms with E-state index >= 15 is 0 Å². The Morgan fingerprint density at radius 1 is 1.26 bits per heavy atom. The van der Waals surface area contributed by atoms with Crippen molar-refractivity contribution in [3.05, 3.63) is 33.9 Å². The van der Waals surface area contributed by atoms with Crippen molar-refractivity contribution in [2.75, 3.05) is 6.61 Å². The number of nitrogens with zero attached hydrogens (tertiary/aromatic N) is 1. The second kappa shape index (κ2) is 7.39. The molecule has 0 bridgehead atoms. The van der Waals surface area contributed by atoms with Gasteiger partial charge in [-0.2, -0.15) is 0 Å². The molecule has 0 spiro atoms. The maximum absolute atomic E-state index is 10.8. The molecule has 1 fully saturated rings. The lowest BCUT2D eigenvalue weighted by Gasteiger charge is -2.39. The van der Waals surface area contributed by atoms with Crippen LogP contribution in [0.15, 0.2) is 18.2 Å². The van der Waals surface area contributed by atoms with E-state index in [4.69, 9.17) is 26.2 Å². The van der Waals surface area contributed by atoms with Gasteiger partial charge in [0.2, 0.25) is 6.29 Å². The van der Waals surface area contributed by atoms with Crippen LogP contribution in [0.4, 0.5) is 5.69 Å². The highest BCUT2D eigenvalue weighted by atomic mass is 35.5. The van der Waals surface area contributed by atoms with Crippen molar-refractivity contribution in [3.8, 4) is 5.75 Å². The lowest BCUT2D eigenvalue weighted by Crippen LogP contribution is -2.60. The van der Waals surface area contributed by atoms with E-state index in [1.807, 2.05) is 0 Å². The Hall–Kier alpha value is -1.49. The second-order valence-corrected chi connectivity index (χ2v) is 5.27. The molecule has 0 unspecified atom stereocenters. The van der Waals surface area contributed by atoms with Crippen molar-refractivity contribution < 1.29 is 34.8 Å². The minimum Gasteiger partial charge on any atom is -0.462 e. The van der Waals surface area contributed by atoms with Crippen LogP contribution in [0.3, 0.4) is 0 Å². The molecule has 0 saturated carbocycles. The number of hydrogen-bond acceptors (Lipinski definition) is 8. The number of rotatable bonds is 5. The molecule has 4 N–H and O–H groups in total. The normalized spacial score (nSPS) is 30.9. The molecule has 1 heterocycles. The summed E-state index contributed by atoms with van der Waals surface area (Å²) in [6.07, 6.45) is -7.15. The number of alkyl halides is 1. The quantitative estimate of drug-likeness (QED) is 0.317. The van der Waals surface area contributed by atoms with Gasteiger partial charge in [-0.25, -0.2) is 0 Å². The molecule has 0 radical (unpaired) electrons. The van der Waals surface area contributed by atoms with Crippen molar-refractivity contribution >= 4 is 17.3 Å². The lowest BCUT2D eigenvalue weighted by molar-refractivity contribution is -0.385. The van der Waals surface area contributed by atoms with Gasteiger partial charge in [0.25, 0.3) is 5.69 Å². The summed E-state index contributed by atoms with van der Waals surface area (Å²) in [6.45, 7) is -0.590. The molecule has 0 amide bonds. The number of aliphatic hydroxyl groups excluding tert-OH is 4. The molecule has 0 aromatic heterocycles. The average Bonchev–Trinajstić information content (AvgIpc) is 2.55. The third kappa shape index (κ3) is 3.71. The third-order valence-electron chi connectivity index (χ3n) is 3.49. The van der Waals surface area contributed by atoms with Gasteiger partial charge in [0.1, 0.15) is 30.2 Å². The van der Waals surface area contributed by atoms with E-state index in [0.717, 1.165) is 0 Å². The molecule has 5 atom stereocenters. The summed E-state index contributed by atoms with van der Waals surface area (Å²) in [7, 11) is 0. The van der Waals surface area contributed by atoms with E-state index in [2.05, 4.69) is 0 Å². The second-order valence-electron chi connectivity index (χ2n) is 5.00. The van der Waals surface area contributed by atoms with Crippen LogP contribution in [-0.4, -0.2) is 62.7 Å². The Balaban J connectivity index is 2.22. The SMILES string of the molecule is O=[N+]([O-])c1ccc(O[C@H]2O[C@H](CO)[C@@H](O)[C@H](O)[C@H]2O)c(CCl)c1. The van der Waals surface area contributed by atoms with Crippen molar-refractivity contribution in [2.24, 2.45) is 0 Å². The first kappa shape index (κ1) is 17.9. The summed E-state index contributed by atoms with van der Waals surface area (Å²) in [4.78, 5) is 10.2. The number of non-ortho nitro benzene ring substituents is 1. The zero-order chi connectivity index (χ0) is 17.1.